The number of nitrogens with zero attached hydrogens (tertiary/aromatic N) is 2. The fraction of sp³-hybridized carbons (Fsp3) is 0.343. The minimum atomic E-state index is -0.444. The molecule has 0 bridgehead atoms. The number of methoxy groups -OCH3 is 2. The monoisotopic (exact) mass is 663 g/mol. The van der Waals surface area contributed by atoms with Crippen LogP contribution < -0.4 is 25.4 Å². The van der Waals surface area contributed by atoms with E-state index < -0.39 is 6.10 Å². The number of ether oxygens (including phenoxy) is 2. The highest BCUT2D eigenvalue weighted by atomic mass is 35.5. The second-order valence-electron chi connectivity index (χ2n) is 11.4. The van der Waals surface area contributed by atoms with Crippen LogP contribution in [0.5, 0.6) is 11.6 Å². The summed E-state index contributed by atoms with van der Waals surface area (Å²) in [7, 11) is 3.23. The Kier molecular flexibility index (Phi) is 11.1. The number of rotatable bonds is 13. The van der Waals surface area contributed by atoms with E-state index in [2.05, 4.69) is 20.9 Å². The number of amides is 1. The predicted octanol–water partition coefficient (Wildman–Crippen LogP) is 5.95. The lowest BCUT2D eigenvalue weighted by Crippen LogP contribution is -2.35. The lowest BCUT2D eigenvalue weighted by atomic mass is 9.97. The Balaban J connectivity index is 1.41. The summed E-state index contributed by atoms with van der Waals surface area (Å²) >= 11 is 14.1. The number of pyridine rings is 2. The van der Waals surface area contributed by atoms with Gasteiger partial charge in [-0.3, -0.25) is 9.78 Å². The normalized spacial score (nSPS) is 15.1. The topological polar surface area (TPSA) is 118 Å². The van der Waals surface area contributed by atoms with Crippen LogP contribution >= 0.6 is 23.2 Å². The van der Waals surface area contributed by atoms with Gasteiger partial charge in [0.2, 0.25) is 11.8 Å². The van der Waals surface area contributed by atoms with Crippen molar-refractivity contribution in [2.45, 2.75) is 51.9 Å². The molecule has 4 N–H and O–H groups in total. The minimum Gasteiger partial charge on any atom is -0.496 e. The maximum atomic E-state index is 11.5. The second kappa shape index (κ2) is 15.2. The highest BCUT2D eigenvalue weighted by Crippen LogP contribution is 2.42. The quantitative estimate of drug-likeness (QED) is 0.139. The zero-order valence-corrected chi connectivity index (χ0v) is 27.9. The van der Waals surface area contributed by atoms with Gasteiger partial charge >= 0.3 is 0 Å². The number of nitrogens with one attached hydrogen (secondary N) is 3. The van der Waals surface area contributed by atoms with Crippen molar-refractivity contribution in [1.82, 2.24) is 25.9 Å². The van der Waals surface area contributed by atoms with Crippen LogP contribution in [0.1, 0.15) is 36.5 Å². The first kappa shape index (κ1) is 33.6. The van der Waals surface area contributed by atoms with E-state index in [9.17, 15) is 9.90 Å². The number of aromatic nitrogens is 2. The van der Waals surface area contributed by atoms with E-state index in [1.165, 1.54) is 0 Å². The summed E-state index contributed by atoms with van der Waals surface area (Å²) in [6, 6.07) is 15.6. The van der Waals surface area contributed by atoms with E-state index in [4.69, 9.17) is 37.7 Å². The maximum Gasteiger partial charge on any atom is 0.220 e. The van der Waals surface area contributed by atoms with Crippen molar-refractivity contribution in [2.75, 3.05) is 27.3 Å². The van der Waals surface area contributed by atoms with E-state index in [-0.39, 0.29) is 11.9 Å². The van der Waals surface area contributed by atoms with Gasteiger partial charge in [0.1, 0.15) is 5.75 Å². The van der Waals surface area contributed by atoms with Crippen molar-refractivity contribution in [2.24, 2.45) is 0 Å². The summed E-state index contributed by atoms with van der Waals surface area (Å²) in [5.74, 6) is 1.31. The fourth-order valence-electron chi connectivity index (χ4n) is 5.67. The van der Waals surface area contributed by atoms with Crippen molar-refractivity contribution >= 4 is 29.1 Å². The lowest BCUT2D eigenvalue weighted by Gasteiger charge is -2.17. The van der Waals surface area contributed by atoms with E-state index >= 15 is 0 Å². The van der Waals surface area contributed by atoms with Gasteiger partial charge in [-0.15, -0.1) is 0 Å². The van der Waals surface area contributed by atoms with Gasteiger partial charge in [0.15, 0.2) is 0 Å². The highest BCUT2D eigenvalue weighted by molar-refractivity contribution is 6.39. The molecule has 2 aromatic carbocycles. The van der Waals surface area contributed by atoms with Crippen LogP contribution in [0.3, 0.4) is 0 Å². The third-order valence-corrected chi connectivity index (χ3v) is 8.83. The highest BCUT2D eigenvalue weighted by Gasteiger charge is 2.21. The minimum absolute atomic E-state index is 0.0986. The molecule has 5 rings (SSSR count). The van der Waals surface area contributed by atoms with Gasteiger partial charge in [0.05, 0.1) is 41.8 Å². The third kappa shape index (κ3) is 7.62. The molecule has 1 fully saturated rings. The second-order valence-corrected chi connectivity index (χ2v) is 12.2. The lowest BCUT2D eigenvalue weighted by molar-refractivity contribution is -0.119. The predicted molar refractivity (Wildman–Crippen MR) is 182 cm³/mol. The van der Waals surface area contributed by atoms with Gasteiger partial charge in [-0.25, -0.2) is 4.98 Å². The van der Waals surface area contributed by atoms with Crippen LogP contribution in [0.4, 0.5) is 0 Å². The molecule has 1 saturated heterocycles. The van der Waals surface area contributed by atoms with Crippen LogP contribution in [-0.4, -0.2) is 60.4 Å². The number of hydrogen-bond acceptors (Lipinski definition) is 8. The summed E-state index contributed by atoms with van der Waals surface area (Å²) in [4.78, 5) is 20.9. The SMILES string of the molecule is COc1cc(-c2nccc(-c3cccc(-c4ccc(CNC[C@@H]5CCC(=O)N5)c(OC)n4)c3Cl)c2Cl)cc(C)c1CNC[C@@H](C)O. The van der Waals surface area contributed by atoms with Gasteiger partial charge in [0.25, 0.3) is 0 Å². The molecule has 0 unspecified atom stereocenters. The van der Waals surface area contributed by atoms with Crippen molar-refractivity contribution in [3.05, 3.63) is 81.5 Å². The van der Waals surface area contributed by atoms with Gasteiger partial charge in [-0.2, -0.15) is 0 Å². The van der Waals surface area contributed by atoms with E-state index in [0.29, 0.717) is 65.7 Å². The summed E-state index contributed by atoms with van der Waals surface area (Å²) in [5.41, 5.74) is 7.25. The average molecular weight is 665 g/mol. The molecule has 9 nitrogen and oxygen atoms in total. The van der Waals surface area contributed by atoms with Crippen LogP contribution in [0.25, 0.3) is 33.6 Å². The summed E-state index contributed by atoms with van der Waals surface area (Å²) in [6.45, 7) is 6.02. The van der Waals surface area contributed by atoms with Crippen molar-refractivity contribution < 1.29 is 19.4 Å². The molecule has 4 aromatic rings. The number of carbonyl (C=O) groups is 1. The Morgan fingerprint density at radius 2 is 1.80 bits per heavy atom. The molecule has 0 radical (unpaired) electrons. The Labute approximate surface area is 279 Å². The van der Waals surface area contributed by atoms with Gasteiger partial charge < -0.3 is 30.5 Å². The van der Waals surface area contributed by atoms with E-state index in [1.54, 1.807) is 27.3 Å². The average Bonchev–Trinajstić information content (AvgIpc) is 3.46. The molecule has 3 heterocycles. The first-order valence-electron chi connectivity index (χ1n) is 15.2. The fourth-order valence-corrected chi connectivity index (χ4v) is 6.32. The Bertz CT molecular complexity index is 1720. The molecule has 1 aliphatic heterocycles. The summed E-state index contributed by atoms with van der Waals surface area (Å²) < 4.78 is 11.4. The molecule has 2 aromatic heterocycles. The molecule has 242 valence electrons. The molecule has 0 aliphatic carbocycles. The number of halogens is 2. The van der Waals surface area contributed by atoms with Crippen LogP contribution in [0.15, 0.2) is 54.7 Å². The first-order valence-corrected chi connectivity index (χ1v) is 16.0. The van der Waals surface area contributed by atoms with E-state index in [0.717, 1.165) is 45.4 Å². The number of benzene rings is 2. The summed E-state index contributed by atoms with van der Waals surface area (Å²) in [6.07, 6.45) is 2.68. The first-order chi connectivity index (χ1) is 22.2. The number of carbonyl (C=O) groups excluding carboxylic acids is 1. The van der Waals surface area contributed by atoms with Crippen molar-refractivity contribution in [1.29, 1.82) is 0 Å². The molecular formula is C35H39Cl2N5O4. The number of hydrogen-bond donors (Lipinski definition) is 4. The molecule has 2 atom stereocenters. The molecule has 0 spiro atoms. The smallest absolute Gasteiger partial charge is 0.220 e. The summed E-state index contributed by atoms with van der Waals surface area (Å²) in [5, 5.41) is 20.2. The number of aliphatic hydroxyl groups excluding tert-OH is 1. The molecule has 1 amide bonds. The van der Waals surface area contributed by atoms with Gasteiger partial charge in [0, 0.05) is 78.2 Å². The van der Waals surface area contributed by atoms with Gasteiger partial charge in [-0.05, 0) is 50.1 Å². The molecule has 11 heteroatoms. The molecule has 46 heavy (non-hydrogen) atoms. The Hall–Kier alpha value is -3.73. The van der Waals surface area contributed by atoms with Crippen molar-refractivity contribution in [3.8, 4) is 45.3 Å². The maximum absolute atomic E-state index is 11.5. The van der Waals surface area contributed by atoms with Crippen molar-refractivity contribution in [3.63, 3.8) is 0 Å². The molecule has 0 saturated carbocycles. The van der Waals surface area contributed by atoms with Crippen LogP contribution in [0, 0.1) is 6.92 Å². The number of aliphatic hydroxyl groups is 1. The molecular weight excluding hydrogens is 625 g/mol. The Morgan fingerprint density at radius 3 is 2.52 bits per heavy atom. The Morgan fingerprint density at radius 1 is 1.02 bits per heavy atom. The zero-order chi connectivity index (χ0) is 32.8. The zero-order valence-electron chi connectivity index (χ0n) is 26.4. The number of aryl methyl sites for hydroxylation is 1. The van der Waals surface area contributed by atoms with Crippen LogP contribution in [0.2, 0.25) is 10.0 Å². The third-order valence-electron chi connectivity index (χ3n) is 8.04. The van der Waals surface area contributed by atoms with Crippen LogP contribution in [-0.2, 0) is 17.9 Å². The molecule has 1 aliphatic rings. The van der Waals surface area contributed by atoms with Gasteiger partial charge in [-0.1, -0.05) is 47.5 Å². The van der Waals surface area contributed by atoms with E-state index in [1.807, 2.05) is 55.5 Å². The largest absolute Gasteiger partial charge is 0.496 e. The standard InChI is InChI=1S/C35H39Cl2N5O4/c1-20-14-23(15-30(45-3)28(20)19-38-16-21(2)43)34-33(37)26(12-13-40-34)25-6-5-7-27(32(25)36)29-10-8-22(35(42-29)46-4)17-39-18-24-9-11-31(44)41-24/h5-8,10,12-15,21,24,38-39,43H,9,11,16-19H2,1-4H3,(H,41,44)/t21-,24+/m1/s1.